The molecule has 0 saturated heterocycles. The first-order valence-corrected chi connectivity index (χ1v) is 7.86. The summed E-state index contributed by atoms with van der Waals surface area (Å²) >= 11 is 5.11. The van der Waals surface area contributed by atoms with Gasteiger partial charge in [-0.2, -0.15) is 0 Å². The highest BCUT2D eigenvalue weighted by atomic mass is 32.1. The van der Waals surface area contributed by atoms with Gasteiger partial charge >= 0.3 is 0 Å². The number of hydrogen-bond donors (Lipinski definition) is 3. The van der Waals surface area contributed by atoms with Crippen LogP contribution in [0, 0.1) is 0 Å². The van der Waals surface area contributed by atoms with E-state index in [4.69, 9.17) is 12.2 Å². The van der Waals surface area contributed by atoms with Crippen LogP contribution in [-0.2, 0) is 16.0 Å². The molecule has 0 unspecified atom stereocenters. The van der Waals surface area contributed by atoms with Crippen LogP contribution < -0.4 is 16.0 Å². The van der Waals surface area contributed by atoms with E-state index in [1.165, 1.54) is 0 Å². The van der Waals surface area contributed by atoms with Crippen LogP contribution in [-0.4, -0.2) is 24.0 Å². The molecule has 0 fully saturated rings. The van der Waals surface area contributed by atoms with E-state index in [-0.39, 0.29) is 11.8 Å². The van der Waals surface area contributed by atoms with Crippen molar-refractivity contribution < 1.29 is 9.59 Å². The third-order valence-corrected chi connectivity index (χ3v) is 3.32. The summed E-state index contributed by atoms with van der Waals surface area (Å²) in [7, 11) is 1.61. The minimum atomic E-state index is -0.0674. The predicted octanol–water partition coefficient (Wildman–Crippen LogP) is 2.37. The topological polar surface area (TPSA) is 70.2 Å². The lowest BCUT2D eigenvalue weighted by atomic mass is 10.1. The van der Waals surface area contributed by atoms with E-state index in [1.54, 1.807) is 7.05 Å². The van der Waals surface area contributed by atoms with Crippen LogP contribution in [0.1, 0.15) is 38.2 Å². The summed E-state index contributed by atoms with van der Waals surface area (Å²) < 4.78 is 0. The highest BCUT2D eigenvalue weighted by molar-refractivity contribution is 7.80. The standard InChI is InChI=1S/C16H23N3O2S/c1-3-4-5-6-14(20)19-16(22)18-13-9-7-12(8-10-13)11-15(21)17-2/h7-10H,3-6,11H2,1-2H3,(H,17,21)(H2,18,19,20,22). The monoisotopic (exact) mass is 321 g/mol. The van der Waals surface area contributed by atoms with Crippen molar-refractivity contribution in [1.29, 1.82) is 0 Å². The fourth-order valence-corrected chi connectivity index (χ4v) is 2.10. The van der Waals surface area contributed by atoms with Crippen LogP contribution in [0.3, 0.4) is 0 Å². The third-order valence-electron chi connectivity index (χ3n) is 3.12. The summed E-state index contributed by atoms with van der Waals surface area (Å²) in [5.74, 6) is -0.0993. The largest absolute Gasteiger partial charge is 0.359 e. The SMILES string of the molecule is CCCCCC(=O)NC(=S)Nc1ccc(CC(=O)NC)cc1. The highest BCUT2D eigenvalue weighted by Crippen LogP contribution is 2.10. The van der Waals surface area contributed by atoms with Crippen molar-refractivity contribution in [2.24, 2.45) is 0 Å². The fourth-order valence-electron chi connectivity index (χ4n) is 1.87. The number of hydrogen-bond acceptors (Lipinski definition) is 3. The Kier molecular flexibility index (Phi) is 8.14. The molecule has 1 aromatic carbocycles. The zero-order valence-electron chi connectivity index (χ0n) is 13.1. The van der Waals surface area contributed by atoms with E-state index < -0.39 is 0 Å². The Morgan fingerprint density at radius 3 is 2.36 bits per heavy atom. The Morgan fingerprint density at radius 1 is 1.09 bits per heavy atom. The molecule has 0 aliphatic rings. The Hall–Kier alpha value is -1.95. The second-order valence-electron chi connectivity index (χ2n) is 5.01. The summed E-state index contributed by atoms with van der Waals surface area (Å²) in [5, 5.41) is 8.49. The van der Waals surface area contributed by atoms with E-state index in [0.717, 1.165) is 30.5 Å². The molecule has 0 aliphatic heterocycles. The van der Waals surface area contributed by atoms with Gasteiger partial charge in [-0.1, -0.05) is 31.9 Å². The van der Waals surface area contributed by atoms with Crippen molar-refractivity contribution in [2.75, 3.05) is 12.4 Å². The average molecular weight is 321 g/mol. The lowest BCUT2D eigenvalue weighted by molar-refractivity contribution is -0.120. The summed E-state index contributed by atoms with van der Waals surface area (Å²) in [5.41, 5.74) is 1.69. The Bertz CT molecular complexity index is 515. The van der Waals surface area contributed by atoms with Gasteiger partial charge < -0.3 is 16.0 Å². The Morgan fingerprint density at radius 2 is 1.77 bits per heavy atom. The van der Waals surface area contributed by atoms with Gasteiger partial charge in [-0.15, -0.1) is 0 Å². The first kappa shape index (κ1) is 18.1. The number of rotatable bonds is 7. The molecule has 0 spiro atoms. The Labute approximate surface area is 136 Å². The fraction of sp³-hybridized carbons (Fsp3) is 0.438. The lowest BCUT2D eigenvalue weighted by Gasteiger charge is -2.10. The van der Waals surface area contributed by atoms with Gasteiger partial charge in [0, 0.05) is 19.2 Å². The molecule has 1 rings (SSSR count). The van der Waals surface area contributed by atoms with Gasteiger partial charge in [-0.05, 0) is 36.3 Å². The van der Waals surface area contributed by atoms with Crippen LogP contribution in [0.25, 0.3) is 0 Å². The number of thiocarbonyl (C=S) groups is 1. The molecule has 120 valence electrons. The molecule has 0 radical (unpaired) electrons. The molecule has 3 N–H and O–H groups in total. The van der Waals surface area contributed by atoms with Gasteiger partial charge in [0.1, 0.15) is 0 Å². The molecule has 0 atom stereocenters. The van der Waals surface area contributed by atoms with E-state index in [1.807, 2.05) is 24.3 Å². The molecule has 0 heterocycles. The molecule has 6 heteroatoms. The molecular formula is C16H23N3O2S. The molecule has 2 amide bonds. The van der Waals surface area contributed by atoms with Gasteiger partial charge in [-0.25, -0.2) is 0 Å². The summed E-state index contributed by atoms with van der Waals surface area (Å²) in [4.78, 5) is 22.9. The van der Waals surface area contributed by atoms with Gasteiger partial charge in [-0.3, -0.25) is 9.59 Å². The summed E-state index contributed by atoms with van der Waals surface area (Å²) in [6.45, 7) is 2.10. The van der Waals surface area contributed by atoms with Crippen LogP contribution in [0.5, 0.6) is 0 Å². The average Bonchev–Trinajstić information content (AvgIpc) is 2.49. The van der Waals surface area contributed by atoms with Gasteiger partial charge in [0.25, 0.3) is 0 Å². The van der Waals surface area contributed by atoms with Gasteiger partial charge in [0.05, 0.1) is 6.42 Å². The van der Waals surface area contributed by atoms with Crippen molar-refractivity contribution in [1.82, 2.24) is 10.6 Å². The number of likely N-dealkylation sites (N-methyl/N-ethyl adjacent to an activating group) is 1. The third kappa shape index (κ3) is 7.17. The van der Waals surface area contributed by atoms with Crippen molar-refractivity contribution in [3.63, 3.8) is 0 Å². The zero-order valence-corrected chi connectivity index (χ0v) is 13.9. The zero-order chi connectivity index (χ0) is 16.4. The maximum atomic E-state index is 11.6. The number of unbranched alkanes of at least 4 members (excludes halogenated alkanes) is 2. The first-order valence-electron chi connectivity index (χ1n) is 7.45. The first-order chi connectivity index (χ1) is 10.5. The molecule has 5 nitrogen and oxygen atoms in total. The minimum absolute atomic E-state index is 0.0319. The van der Waals surface area contributed by atoms with E-state index in [0.29, 0.717) is 18.0 Å². The summed E-state index contributed by atoms with van der Waals surface area (Å²) in [6, 6.07) is 7.36. The predicted molar refractivity (Wildman–Crippen MR) is 92.7 cm³/mol. The van der Waals surface area contributed by atoms with E-state index >= 15 is 0 Å². The normalized spacial score (nSPS) is 9.91. The van der Waals surface area contributed by atoms with Gasteiger partial charge in [0.15, 0.2) is 5.11 Å². The molecule has 1 aromatic rings. The number of amides is 2. The molecule has 22 heavy (non-hydrogen) atoms. The molecule has 0 aromatic heterocycles. The second-order valence-corrected chi connectivity index (χ2v) is 5.41. The van der Waals surface area contributed by atoms with Crippen LogP contribution in [0.2, 0.25) is 0 Å². The minimum Gasteiger partial charge on any atom is -0.359 e. The highest BCUT2D eigenvalue weighted by Gasteiger charge is 2.05. The van der Waals surface area contributed by atoms with Crippen molar-refractivity contribution in [3.05, 3.63) is 29.8 Å². The number of carbonyl (C=O) groups is 2. The van der Waals surface area contributed by atoms with Gasteiger partial charge in [0.2, 0.25) is 11.8 Å². The maximum Gasteiger partial charge on any atom is 0.226 e. The number of benzene rings is 1. The summed E-state index contributed by atoms with van der Waals surface area (Å²) in [6.07, 6.45) is 3.83. The quantitative estimate of drug-likeness (QED) is 0.533. The van der Waals surface area contributed by atoms with Crippen molar-refractivity contribution in [3.8, 4) is 0 Å². The number of nitrogens with one attached hydrogen (secondary N) is 3. The number of carbonyl (C=O) groups excluding carboxylic acids is 2. The van der Waals surface area contributed by atoms with E-state index in [2.05, 4.69) is 22.9 Å². The number of anilines is 1. The van der Waals surface area contributed by atoms with Crippen molar-refractivity contribution in [2.45, 2.75) is 39.0 Å². The molecule has 0 saturated carbocycles. The maximum absolute atomic E-state index is 11.6. The van der Waals surface area contributed by atoms with E-state index in [9.17, 15) is 9.59 Å². The Balaban J connectivity index is 2.41. The molecular weight excluding hydrogens is 298 g/mol. The van der Waals surface area contributed by atoms with Crippen LogP contribution >= 0.6 is 12.2 Å². The van der Waals surface area contributed by atoms with Crippen LogP contribution in [0.4, 0.5) is 5.69 Å². The second kappa shape index (κ2) is 9.89. The smallest absolute Gasteiger partial charge is 0.226 e. The van der Waals surface area contributed by atoms with Crippen molar-refractivity contribution >= 4 is 34.8 Å². The molecule has 0 aliphatic carbocycles. The molecule has 0 bridgehead atoms. The van der Waals surface area contributed by atoms with Crippen LogP contribution in [0.15, 0.2) is 24.3 Å². The lowest BCUT2D eigenvalue weighted by Crippen LogP contribution is -2.33.